The smallest absolute Gasteiger partial charge is 0.243 e. The van der Waals surface area contributed by atoms with Crippen molar-refractivity contribution in [3.8, 4) is 0 Å². The van der Waals surface area contributed by atoms with Gasteiger partial charge in [0.2, 0.25) is 15.9 Å². The number of aryl methyl sites for hydroxylation is 1. The van der Waals surface area contributed by atoms with Crippen LogP contribution in [0.5, 0.6) is 0 Å². The number of nitrogens with zero attached hydrogens (tertiary/aromatic N) is 4. The van der Waals surface area contributed by atoms with E-state index in [0.29, 0.717) is 39.3 Å². The van der Waals surface area contributed by atoms with Gasteiger partial charge in [-0.3, -0.25) is 4.79 Å². The monoisotopic (exact) mass is 455 g/mol. The third-order valence-corrected chi connectivity index (χ3v) is 7.18. The fraction of sp³-hybridized carbons (Fsp3) is 0.318. The summed E-state index contributed by atoms with van der Waals surface area (Å²) in [6, 6.07) is 14.3. The number of rotatable bonds is 8. The average molecular weight is 456 g/mol. The molecule has 32 heavy (non-hydrogen) atoms. The summed E-state index contributed by atoms with van der Waals surface area (Å²) in [6.07, 6.45) is 3.89. The Balaban J connectivity index is 1.34. The SMILES string of the molecule is O=C(CCc1ccc(S(=O)(=O)N2CCOCC2)cc1)Nc1ccccc1Cn1cncn1. The van der Waals surface area contributed by atoms with Crippen LogP contribution in [-0.2, 0) is 32.5 Å². The van der Waals surface area contributed by atoms with Gasteiger partial charge < -0.3 is 10.1 Å². The Hall–Kier alpha value is -3.08. The van der Waals surface area contributed by atoms with Gasteiger partial charge in [-0.15, -0.1) is 0 Å². The van der Waals surface area contributed by atoms with E-state index < -0.39 is 10.0 Å². The first kappa shape index (κ1) is 22.1. The average Bonchev–Trinajstić information content (AvgIpc) is 3.33. The molecule has 9 nitrogen and oxygen atoms in total. The highest BCUT2D eigenvalue weighted by atomic mass is 32.2. The molecule has 1 saturated heterocycles. The summed E-state index contributed by atoms with van der Waals surface area (Å²) in [5.74, 6) is -0.110. The molecule has 2 heterocycles. The topological polar surface area (TPSA) is 106 Å². The number of hydrogen-bond acceptors (Lipinski definition) is 6. The number of benzene rings is 2. The molecular weight excluding hydrogens is 430 g/mol. The summed E-state index contributed by atoms with van der Waals surface area (Å²) in [4.78, 5) is 16.7. The molecule has 1 aromatic heterocycles. The number of anilines is 1. The minimum Gasteiger partial charge on any atom is -0.379 e. The zero-order valence-electron chi connectivity index (χ0n) is 17.6. The van der Waals surface area contributed by atoms with Crippen LogP contribution < -0.4 is 5.32 Å². The van der Waals surface area contributed by atoms with Crippen molar-refractivity contribution in [2.24, 2.45) is 0 Å². The van der Waals surface area contributed by atoms with Crippen LogP contribution in [0.1, 0.15) is 17.5 Å². The highest BCUT2D eigenvalue weighted by Gasteiger charge is 2.26. The molecule has 168 valence electrons. The third kappa shape index (κ3) is 5.39. The van der Waals surface area contributed by atoms with Crippen LogP contribution in [-0.4, -0.2) is 59.7 Å². The quantitative estimate of drug-likeness (QED) is 0.556. The number of sulfonamides is 1. The molecule has 0 bridgehead atoms. The highest BCUT2D eigenvalue weighted by molar-refractivity contribution is 7.89. The van der Waals surface area contributed by atoms with E-state index in [1.807, 2.05) is 24.3 Å². The van der Waals surface area contributed by atoms with E-state index in [-0.39, 0.29) is 17.2 Å². The van der Waals surface area contributed by atoms with Crippen LogP contribution in [0.4, 0.5) is 5.69 Å². The maximum absolute atomic E-state index is 12.7. The van der Waals surface area contributed by atoms with E-state index in [0.717, 1.165) is 16.8 Å². The number of carbonyl (C=O) groups is 1. The van der Waals surface area contributed by atoms with Crippen molar-refractivity contribution in [2.75, 3.05) is 31.6 Å². The van der Waals surface area contributed by atoms with Gasteiger partial charge in [0.1, 0.15) is 12.7 Å². The molecule has 0 aliphatic carbocycles. The van der Waals surface area contributed by atoms with Crippen molar-refractivity contribution in [1.82, 2.24) is 19.1 Å². The van der Waals surface area contributed by atoms with Crippen LogP contribution in [0, 0.1) is 0 Å². The minimum absolute atomic E-state index is 0.110. The number of nitrogens with one attached hydrogen (secondary N) is 1. The van der Waals surface area contributed by atoms with Crippen LogP contribution >= 0.6 is 0 Å². The van der Waals surface area contributed by atoms with Gasteiger partial charge in [0, 0.05) is 25.2 Å². The number of ether oxygens (including phenoxy) is 1. The minimum atomic E-state index is -3.51. The summed E-state index contributed by atoms with van der Waals surface area (Å²) >= 11 is 0. The normalized spacial score (nSPS) is 14.9. The molecule has 0 radical (unpaired) electrons. The van der Waals surface area contributed by atoms with Crippen molar-refractivity contribution in [3.05, 3.63) is 72.3 Å². The fourth-order valence-electron chi connectivity index (χ4n) is 3.50. The summed E-state index contributed by atoms with van der Waals surface area (Å²) in [7, 11) is -3.51. The number of morpholine rings is 1. The van der Waals surface area contributed by atoms with Crippen molar-refractivity contribution in [3.63, 3.8) is 0 Å². The molecule has 3 aromatic rings. The van der Waals surface area contributed by atoms with Crippen molar-refractivity contribution in [2.45, 2.75) is 24.3 Å². The molecule has 0 spiro atoms. The van der Waals surface area contributed by atoms with Crippen LogP contribution in [0.15, 0.2) is 66.1 Å². The molecule has 1 fully saturated rings. The zero-order chi connectivity index (χ0) is 22.4. The molecule has 4 rings (SSSR count). The van der Waals surface area contributed by atoms with Crippen LogP contribution in [0.2, 0.25) is 0 Å². The predicted molar refractivity (Wildman–Crippen MR) is 119 cm³/mol. The lowest BCUT2D eigenvalue weighted by Gasteiger charge is -2.26. The second-order valence-corrected chi connectivity index (χ2v) is 9.40. The van der Waals surface area contributed by atoms with Gasteiger partial charge in [-0.05, 0) is 35.7 Å². The predicted octanol–water partition coefficient (Wildman–Crippen LogP) is 1.92. The molecule has 1 aliphatic rings. The lowest BCUT2D eigenvalue weighted by Crippen LogP contribution is -2.40. The second-order valence-electron chi connectivity index (χ2n) is 7.46. The summed E-state index contributed by atoms with van der Waals surface area (Å²) in [6.45, 7) is 2.06. The molecule has 0 unspecified atom stereocenters. The van der Waals surface area contributed by atoms with E-state index in [2.05, 4.69) is 15.4 Å². The van der Waals surface area contributed by atoms with Crippen molar-refractivity contribution < 1.29 is 17.9 Å². The summed E-state index contributed by atoms with van der Waals surface area (Å²) < 4.78 is 33.8. The summed E-state index contributed by atoms with van der Waals surface area (Å²) in [5.41, 5.74) is 2.57. The standard InChI is InChI=1S/C22H25N5O4S/c28-22(25-21-4-2-1-3-19(21)15-26-17-23-16-24-26)10-7-18-5-8-20(9-6-18)32(29,30)27-11-13-31-14-12-27/h1-6,8-9,16-17H,7,10-15H2,(H,25,28). The number of amides is 1. The lowest BCUT2D eigenvalue weighted by molar-refractivity contribution is -0.116. The Labute approximate surface area is 187 Å². The van der Waals surface area contributed by atoms with Gasteiger partial charge in [0.25, 0.3) is 0 Å². The molecule has 0 saturated carbocycles. The molecule has 1 N–H and O–H groups in total. The maximum atomic E-state index is 12.7. The number of para-hydroxylation sites is 1. The second kappa shape index (κ2) is 10.0. The molecule has 0 atom stereocenters. The fourth-order valence-corrected chi connectivity index (χ4v) is 4.91. The first-order chi connectivity index (χ1) is 15.5. The van der Waals surface area contributed by atoms with Gasteiger partial charge in [-0.1, -0.05) is 30.3 Å². The number of carbonyl (C=O) groups excluding carboxylic acids is 1. The van der Waals surface area contributed by atoms with E-state index in [1.54, 1.807) is 35.3 Å². The van der Waals surface area contributed by atoms with E-state index in [4.69, 9.17) is 4.74 Å². The van der Waals surface area contributed by atoms with Gasteiger partial charge >= 0.3 is 0 Å². The van der Waals surface area contributed by atoms with Gasteiger partial charge in [0.15, 0.2) is 0 Å². The Morgan fingerprint density at radius 3 is 2.53 bits per heavy atom. The van der Waals surface area contributed by atoms with Crippen molar-refractivity contribution >= 4 is 21.6 Å². The van der Waals surface area contributed by atoms with Crippen molar-refractivity contribution in [1.29, 1.82) is 0 Å². The van der Waals surface area contributed by atoms with Gasteiger partial charge in [-0.25, -0.2) is 18.1 Å². The first-order valence-electron chi connectivity index (χ1n) is 10.4. The maximum Gasteiger partial charge on any atom is 0.243 e. The summed E-state index contributed by atoms with van der Waals surface area (Å²) in [5, 5.41) is 7.06. The Morgan fingerprint density at radius 1 is 1.06 bits per heavy atom. The number of hydrogen-bond donors (Lipinski definition) is 1. The largest absolute Gasteiger partial charge is 0.379 e. The van der Waals surface area contributed by atoms with E-state index in [1.165, 1.54) is 10.6 Å². The Morgan fingerprint density at radius 2 is 1.81 bits per heavy atom. The van der Waals surface area contributed by atoms with E-state index >= 15 is 0 Å². The Bertz CT molecular complexity index is 1140. The molecule has 10 heteroatoms. The van der Waals surface area contributed by atoms with Gasteiger partial charge in [0.05, 0.1) is 24.7 Å². The lowest BCUT2D eigenvalue weighted by atomic mass is 10.1. The molecule has 1 amide bonds. The number of aromatic nitrogens is 3. The molecular formula is C22H25N5O4S. The molecule has 1 aliphatic heterocycles. The van der Waals surface area contributed by atoms with Crippen LogP contribution in [0.3, 0.4) is 0 Å². The first-order valence-corrected chi connectivity index (χ1v) is 11.8. The van der Waals surface area contributed by atoms with Gasteiger partial charge in [-0.2, -0.15) is 9.40 Å². The molecule has 2 aromatic carbocycles. The third-order valence-electron chi connectivity index (χ3n) is 5.26. The zero-order valence-corrected chi connectivity index (χ0v) is 18.4. The van der Waals surface area contributed by atoms with E-state index in [9.17, 15) is 13.2 Å². The highest BCUT2D eigenvalue weighted by Crippen LogP contribution is 2.19. The Kier molecular flexibility index (Phi) is 6.93. The van der Waals surface area contributed by atoms with Crippen LogP contribution in [0.25, 0.3) is 0 Å².